The Morgan fingerprint density at radius 2 is 2.13 bits per heavy atom. The first-order chi connectivity index (χ1) is 7.02. The number of aliphatic carboxylic acids is 1. The first-order valence-corrected chi connectivity index (χ1v) is 5.65. The number of rotatable bonds is 3. The van der Waals surface area contributed by atoms with Gasteiger partial charge in [0.05, 0.1) is 0 Å². The number of carboxylic acid groups (broad SMARTS) is 1. The molecule has 0 spiro atoms. The predicted octanol–water partition coefficient (Wildman–Crippen LogP) is 0.876. The zero-order chi connectivity index (χ0) is 11.4. The van der Waals surface area contributed by atoms with Gasteiger partial charge in [0.15, 0.2) is 0 Å². The molecular formula is C11H22N2O2. The van der Waals surface area contributed by atoms with E-state index in [1.807, 2.05) is 11.9 Å². The summed E-state index contributed by atoms with van der Waals surface area (Å²) in [7, 11) is 4.05. The second kappa shape index (κ2) is 5.47. The first-order valence-electron chi connectivity index (χ1n) is 5.65. The molecule has 1 N–H and O–H groups in total. The molecule has 1 fully saturated rings. The average molecular weight is 214 g/mol. The number of likely N-dealkylation sites (N-methyl/N-ethyl adjacent to an activating group) is 1. The normalized spacial score (nSPS) is 26.3. The topological polar surface area (TPSA) is 43.8 Å². The van der Waals surface area contributed by atoms with Crippen LogP contribution in [0.2, 0.25) is 0 Å². The Balaban J connectivity index is 2.51. The van der Waals surface area contributed by atoms with Crippen molar-refractivity contribution in [2.75, 3.05) is 27.2 Å². The third-order valence-corrected chi connectivity index (χ3v) is 3.47. The molecule has 1 saturated heterocycles. The summed E-state index contributed by atoms with van der Waals surface area (Å²) in [6.45, 7) is 3.96. The summed E-state index contributed by atoms with van der Waals surface area (Å²) in [4.78, 5) is 15.2. The van der Waals surface area contributed by atoms with E-state index >= 15 is 0 Å². The van der Waals surface area contributed by atoms with Gasteiger partial charge in [-0.1, -0.05) is 0 Å². The molecule has 15 heavy (non-hydrogen) atoms. The van der Waals surface area contributed by atoms with Gasteiger partial charge in [-0.2, -0.15) is 0 Å². The number of hydrogen-bond acceptors (Lipinski definition) is 3. The second-order valence-corrected chi connectivity index (χ2v) is 4.57. The van der Waals surface area contributed by atoms with Gasteiger partial charge in [0, 0.05) is 6.04 Å². The van der Waals surface area contributed by atoms with Gasteiger partial charge in [-0.3, -0.25) is 9.69 Å². The highest BCUT2D eigenvalue weighted by atomic mass is 16.4. The summed E-state index contributed by atoms with van der Waals surface area (Å²) in [5.41, 5.74) is 0. The maximum atomic E-state index is 10.9. The molecule has 4 heteroatoms. The van der Waals surface area contributed by atoms with Crippen molar-refractivity contribution in [1.82, 2.24) is 9.80 Å². The number of hydrogen-bond donors (Lipinski definition) is 1. The fraction of sp³-hybridized carbons (Fsp3) is 0.909. The molecule has 0 amide bonds. The zero-order valence-electron chi connectivity index (χ0n) is 9.94. The molecule has 0 aromatic rings. The molecule has 1 heterocycles. The predicted molar refractivity (Wildman–Crippen MR) is 60.0 cm³/mol. The van der Waals surface area contributed by atoms with Gasteiger partial charge in [-0.05, 0) is 53.4 Å². The summed E-state index contributed by atoms with van der Waals surface area (Å²) >= 11 is 0. The molecule has 2 atom stereocenters. The largest absolute Gasteiger partial charge is 0.480 e. The Kier molecular flexibility index (Phi) is 4.54. The Labute approximate surface area is 91.9 Å². The van der Waals surface area contributed by atoms with Crippen molar-refractivity contribution >= 4 is 5.97 Å². The molecule has 0 aliphatic carbocycles. The Hall–Kier alpha value is -0.610. The molecule has 0 bridgehead atoms. The molecule has 4 nitrogen and oxygen atoms in total. The Bertz CT molecular complexity index is 221. The number of nitrogens with zero attached hydrogens (tertiary/aromatic N) is 2. The number of likely N-dealkylation sites (tertiary alicyclic amines) is 1. The molecule has 1 rings (SSSR count). The Morgan fingerprint density at radius 1 is 1.47 bits per heavy atom. The fourth-order valence-electron chi connectivity index (χ4n) is 2.12. The molecule has 1 aliphatic rings. The van der Waals surface area contributed by atoms with Crippen LogP contribution in [0, 0.1) is 0 Å². The average Bonchev–Trinajstić information content (AvgIpc) is 2.40. The van der Waals surface area contributed by atoms with Gasteiger partial charge in [-0.15, -0.1) is 0 Å². The van der Waals surface area contributed by atoms with Crippen LogP contribution in [0.1, 0.15) is 26.2 Å². The lowest BCUT2D eigenvalue weighted by atomic mass is 10.1. The molecule has 2 unspecified atom stereocenters. The summed E-state index contributed by atoms with van der Waals surface area (Å²) in [5.74, 6) is -0.727. The highest BCUT2D eigenvalue weighted by molar-refractivity contribution is 5.72. The fourth-order valence-corrected chi connectivity index (χ4v) is 2.12. The maximum absolute atomic E-state index is 10.9. The third kappa shape index (κ3) is 3.47. The highest BCUT2D eigenvalue weighted by Gasteiger charge is 2.25. The molecule has 88 valence electrons. The van der Waals surface area contributed by atoms with Crippen LogP contribution in [0.3, 0.4) is 0 Å². The van der Waals surface area contributed by atoms with Crippen LogP contribution < -0.4 is 0 Å². The molecule has 0 radical (unpaired) electrons. The van der Waals surface area contributed by atoms with Crippen LogP contribution >= 0.6 is 0 Å². The molecule has 1 aliphatic heterocycles. The zero-order valence-corrected chi connectivity index (χ0v) is 9.94. The minimum atomic E-state index is -0.727. The summed E-state index contributed by atoms with van der Waals surface area (Å²) in [6.07, 6.45) is 3.35. The summed E-state index contributed by atoms with van der Waals surface area (Å²) < 4.78 is 0. The van der Waals surface area contributed by atoms with Crippen LogP contribution in [-0.4, -0.2) is 60.1 Å². The van der Waals surface area contributed by atoms with E-state index < -0.39 is 5.97 Å². The lowest BCUT2D eigenvalue weighted by molar-refractivity contribution is -0.143. The Morgan fingerprint density at radius 3 is 2.73 bits per heavy atom. The van der Waals surface area contributed by atoms with E-state index in [2.05, 4.69) is 11.9 Å². The van der Waals surface area contributed by atoms with Gasteiger partial charge in [0.2, 0.25) is 0 Å². The van der Waals surface area contributed by atoms with Crippen molar-refractivity contribution in [1.29, 1.82) is 0 Å². The minimum Gasteiger partial charge on any atom is -0.480 e. The minimum absolute atomic E-state index is 0.376. The van der Waals surface area contributed by atoms with Crippen molar-refractivity contribution in [3.05, 3.63) is 0 Å². The van der Waals surface area contributed by atoms with Crippen molar-refractivity contribution in [2.24, 2.45) is 0 Å². The lowest BCUT2D eigenvalue weighted by Crippen LogP contribution is -2.43. The van der Waals surface area contributed by atoms with Crippen molar-refractivity contribution in [3.8, 4) is 0 Å². The summed E-state index contributed by atoms with van der Waals surface area (Å²) in [6, 6.07) is 0.0412. The van der Waals surface area contributed by atoms with E-state index in [0.29, 0.717) is 6.04 Å². The second-order valence-electron chi connectivity index (χ2n) is 4.57. The summed E-state index contributed by atoms with van der Waals surface area (Å²) in [5, 5.41) is 8.95. The van der Waals surface area contributed by atoms with E-state index in [9.17, 15) is 4.79 Å². The van der Waals surface area contributed by atoms with E-state index in [-0.39, 0.29) is 6.04 Å². The monoisotopic (exact) mass is 214 g/mol. The quantitative estimate of drug-likeness (QED) is 0.757. The standard InChI is InChI=1S/C11H22N2O2/c1-9(11(14)15)13(3)10-5-4-7-12(2)8-6-10/h9-10H,4-8H2,1-3H3,(H,14,15). The van der Waals surface area contributed by atoms with E-state index in [1.165, 1.54) is 0 Å². The highest BCUT2D eigenvalue weighted by Crippen LogP contribution is 2.16. The molecular weight excluding hydrogens is 192 g/mol. The van der Waals surface area contributed by atoms with Gasteiger partial charge in [0.1, 0.15) is 6.04 Å². The van der Waals surface area contributed by atoms with Crippen LogP contribution in [0.5, 0.6) is 0 Å². The van der Waals surface area contributed by atoms with E-state index in [0.717, 1.165) is 32.4 Å². The van der Waals surface area contributed by atoms with Crippen molar-refractivity contribution < 1.29 is 9.90 Å². The van der Waals surface area contributed by atoms with Crippen LogP contribution in [-0.2, 0) is 4.79 Å². The lowest BCUT2D eigenvalue weighted by Gasteiger charge is -2.30. The molecule has 0 aromatic carbocycles. The van der Waals surface area contributed by atoms with Crippen molar-refractivity contribution in [3.63, 3.8) is 0 Å². The third-order valence-electron chi connectivity index (χ3n) is 3.47. The molecule has 0 aromatic heterocycles. The van der Waals surface area contributed by atoms with Crippen LogP contribution in [0.25, 0.3) is 0 Å². The SMILES string of the molecule is CC(C(=O)O)N(C)C1CCCN(C)CC1. The van der Waals surface area contributed by atoms with Gasteiger partial charge >= 0.3 is 5.97 Å². The van der Waals surface area contributed by atoms with Gasteiger partial charge in [-0.25, -0.2) is 0 Å². The van der Waals surface area contributed by atoms with Gasteiger partial charge < -0.3 is 10.0 Å². The van der Waals surface area contributed by atoms with E-state index in [4.69, 9.17) is 5.11 Å². The van der Waals surface area contributed by atoms with Crippen LogP contribution in [0.15, 0.2) is 0 Å². The molecule has 0 saturated carbocycles. The van der Waals surface area contributed by atoms with Crippen LogP contribution in [0.4, 0.5) is 0 Å². The van der Waals surface area contributed by atoms with Crippen molar-refractivity contribution in [2.45, 2.75) is 38.3 Å². The van der Waals surface area contributed by atoms with Gasteiger partial charge in [0.25, 0.3) is 0 Å². The maximum Gasteiger partial charge on any atom is 0.320 e. The number of carboxylic acids is 1. The number of carbonyl (C=O) groups is 1. The first kappa shape index (κ1) is 12.5. The smallest absolute Gasteiger partial charge is 0.320 e. The van der Waals surface area contributed by atoms with E-state index in [1.54, 1.807) is 6.92 Å².